The van der Waals surface area contributed by atoms with E-state index in [9.17, 15) is 4.79 Å². The highest BCUT2D eigenvalue weighted by atomic mass is 16.5. The third kappa shape index (κ3) is 7.36. The van der Waals surface area contributed by atoms with Crippen LogP contribution in [0.25, 0.3) is 0 Å². The van der Waals surface area contributed by atoms with Crippen molar-refractivity contribution < 1.29 is 19.0 Å². The van der Waals surface area contributed by atoms with Gasteiger partial charge in [0.05, 0.1) is 5.92 Å². The molecule has 0 spiro atoms. The smallest absolute Gasteiger partial charge is 0.131 e. The summed E-state index contributed by atoms with van der Waals surface area (Å²) in [6.07, 6.45) is 0.955. The Morgan fingerprint density at radius 3 is 1.28 bits per heavy atom. The minimum absolute atomic E-state index is 0.418. The van der Waals surface area contributed by atoms with Crippen molar-refractivity contribution in [3.8, 4) is 17.2 Å². The molecule has 0 aromatic heterocycles. The van der Waals surface area contributed by atoms with Gasteiger partial charge in [0.25, 0.3) is 0 Å². The molecule has 39 heavy (non-hydrogen) atoms. The summed E-state index contributed by atoms with van der Waals surface area (Å²) < 4.78 is 18.2. The number of rotatable bonds is 12. The summed E-state index contributed by atoms with van der Waals surface area (Å²) in [5.41, 5.74) is 4.89. The van der Waals surface area contributed by atoms with Gasteiger partial charge in [0.15, 0.2) is 0 Å². The van der Waals surface area contributed by atoms with Gasteiger partial charge in [-0.05, 0) is 52.1 Å². The lowest BCUT2D eigenvalue weighted by Crippen LogP contribution is -2.05. The normalized spacial score (nSPS) is 11.4. The molecule has 1 atom stereocenters. The Balaban J connectivity index is 1.35. The fourth-order valence-corrected chi connectivity index (χ4v) is 4.28. The number of hydrogen-bond donors (Lipinski definition) is 0. The summed E-state index contributed by atoms with van der Waals surface area (Å²) in [6.45, 7) is 1.32. The highest BCUT2D eigenvalue weighted by Crippen LogP contribution is 2.32. The molecule has 0 aliphatic heterocycles. The fraction of sp³-hybridized carbons (Fsp3) is 0.114. The molecule has 0 saturated heterocycles. The molecule has 5 aromatic rings. The van der Waals surface area contributed by atoms with Crippen LogP contribution in [0.1, 0.15) is 33.7 Å². The van der Waals surface area contributed by atoms with E-state index in [1.165, 1.54) is 0 Å². The van der Waals surface area contributed by atoms with E-state index in [-0.39, 0.29) is 0 Å². The lowest BCUT2D eigenvalue weighted by molar-refractivity contribution is -0.108. The zero-order valence-electron chi connectivity index (χ0n) is 21.6. The first kappa shape index (κ1) is 25.8. The van der Waals surface area contributed by atoms with E-state index in [2.05, 4.69) is 0 Å². The summed E-state index contributed by atoms with van der Waals surface area (Å²) in [5.74, 6) is 1.56. The van der Waals surface area contributed by atoms with Crippen LogP contribution in [-0.2, 0) is 24.6 Å². The molecule has 0 bridgehead atoms. The maximum absolute atomic E-state index is 12.4. The number of benzene rings is 5. The van der Waals surface area contributed by atoms with Gasteiger partial charge in [0.1, 0.15) is 43.4 Å². The Morgan fingerprint density at radius 1 is 0.462 bits per heavy atom. The first-order valence-corrected chi connectivity index (χ1v) is 13.0. The van der Waals surface area contributed by atoms with Gasteiger partial charge in [-0.1, -0.05) is 103 Å². The van der Waals surface area contributed by atoms with Gasteiger partial charge in [0, 0.05) is 6.07 Å². The Bertz CT molecular complexity index is 1390. The molecular weight excluding hydrogens is 484 g/mol. The standard InChI is InChI=1S/C35H30O4/c36-23-35(30-16-18-32(19-17-30)37-24-27-10-4-1-5-11-27)31-20-33(38-25-28-12-6-2-7-13-28)22-34(21-31)39-26-29-14-8-3-9-15-29/h1-23,35H,24-26H2. The lowest BCUT2D eigenvalue weighted by atomic mass is 9.92. The molecule has 1 unspecified atom stereocenters. The molecule has 5 aromatic carbocycles. The highest BCUT2D eigenvalue weighted by Gasteiger charge is 2.17. The van der Waals surface area contributed by atoms with Crippen LogP contribution >= 0.6 is 0 Å². The number of ether oxygens (including phenoxy) is 3. The maximum atomic E-state index is 12.4. The van der Waals surface area contributed by atoms with Gasteiger partial charge >= 0.3 is 0 Å². The van der Waals surface area contributed by atoms with Crippen molar-refractivity contribution in [1.82, 2.24) is 0 Å². The van der Waals surface area contributed by atoms with Gasteiger partial charge < -0.3 is 19.0 Å². The number of hydrogen-bond acceptors (Lipinski definition) is 4. The van der Waals surface area contributed by atoms with Crippen molar-refractivity contribution in [3.63, 3.8) is 0 Å². The quantitative estimate of drug-likeness (QED) is 0.160. The molecule has 0 aliphatic rings. The molecule has 0 aliphatic carbocycles. The van der Waals surface area contributed by atoms with Crippen LogP contribution < -0.4 is 14.2 Å². The van der Waals surface area contributed by atoms with Crippen molar-refractivity contribution in [2.45, 2.75) is 25.7 Å². The molecule has 0 saturated carbocycles. The van der Waals surface area contributed by atoms with E-state index in [0.717, 1.165) is 39.9 Å². The third-order valence-electron chi connectivity index (χ3n) is 6.38. The Kier molecular flexibility index (Phi) is 8.67. The van der Waals surface area contributed by atoms with Gasteiger partial charge in [-0.25, -0.2) is 0 Å². The van der Waals surface area contributed by atoms with Crippen LogP contribution in [0.15, 0.2) is 133 Å². The molecule has 4 nitrogen and oxygen atoms in total. The number of aldehydes is 1. The zero-order chi connectivity index (χ0) is 26.7. The summed E-state index contributed by atoms with van der Waals surface area (Å²) in [5, 5.41) is 0. The Morgan fingerprint density at radius 2 is 0.872 bits per heavy atom. The molecule has 5 rings (SSSR count). The first-order chi connectivity index (χ1) is 19.3. The van der Waals surface area contributed by atoms with Gasteiger partial charge in [-0.3, -0.25) is 0 Å². The van der Waals surface area contributed by atoms with E-state index < -0.39 is 5.92 Å². The van der Waals surface area contributed by atoms with Gasteiger partial charge in [-0.2, -0.15) is 0 Å². The SMILES string of the molecule is O=CC(c1ccc(OCc2ccccc2)cc1)c1cc(OCc2ccccc2)cc(OCc2ccccc2)c1. The second-order valence-corrected chi connectivity index (χ2v) is 9.24. The van der Waals surface area contributed by atoms with E-state index in [1.807, 2.05) is 133 Å². The predicted octanol–water partition coefficient (Wildman–Crippen LogP) is 7.75. The van der Waals surface area contributed by atoms with Crippen molar-refractivity contribution in [1.29, 1.82) is 0 Å². The van der Waals surface area contributed by atoms with Crippen LogP contribution in [0.2, 0.25) is 0 Å². The first-order valence-electron chi connectivity index (χ1n) is 13.0. The topological polar surface area (TPSA) is 44.8 Å². The average molecular weight is 515 g/mol. The Hall–Kier alpha value is -4.83. The van der Waals surface area contributed by atoms with Gasteiger partial charge in [-0.15, -0.1) is 0 Å². The molecule has 194 valence electrons. The minimum atomic E-state index is -0.479. The summed E-state index contributed by atoms with van der Waals surface area (Å²) in [6, 6.07) is 43.4. The average Bonchev–Trinajstić information content (AvgIpc) is 3.00. The van der Waals surface area contributed by atoms with Crippen LogP contribution in [0.4, 0.5) is 0 Å². The second kappa shape index (κ2) is 13.1. The van der Waals surface area contributed by atoms with E-state index in [4.69, 9.17) is 14.2 Å². The molecule has 0 N–H and O–H groups in total. The molecular formula is C35H30O4. The van der Waals surface area contributed by atoms with E-state index in [1.54, 1.807) is 0 Å². The van der Waals surface area contributed by atoms with Crippen molar-refractivity contribution >= 4 is 6.29 Å². The van der Waals surface area contributed by atoms with E-state index >= 15 is 0 Å². The summed E-state index contributed by atoms with van der Waals surface area (Å²) in [7, 11) is 0. The van der Waals surface area contributed by atoms with Crippen LogP contribution in [-0.4, -0.2) is 6.29 Å². The van der Waals surface area contributed by atoms with Crippen molar-refractivity contribution in [3.05, 3.63) is 161 Å². The van der Waals surface area contributed by atoms with Crippen molar-refractivity contribution in [2.75, 3.05) is 0 Å². The maximum Gasteiger partial charge on any atom is 0.131 e. The molecule has 0 heterocycles. The molecule has 0 radical (unpaired) electrons. The van der Waals surface area contributed by atoms with E-state index in [0.29, 0.717) is 31.3 Å². The predicted molar refractivity (Wildman–Crippen MR) is 153 cm³/mol. The molecule has 4 heteroatoms. The highest BCUT2D eigenvalue weighted by molar-refractivity contribution is 5.69. The second-order valence-electron chi connectivity index (χ2n) is 9.24. The van der Waals surface area contributed by atoms with Crippen LogP contribution in [0.3, 0.4) is 0 Å². The Labute approximate surface area is 229 Å². The summed E-state index contributed by atoms with van der Waals surface area (Å²) in [4.78, 5) is 12.4. The molecule has 0 fully saturated rings. The fourth-order valence-electron chi connectivity index (χ4n) is 4.28. The van der Waals surface area contributed by atoms with Crippen LogP contribution in [0.5, 0.6) is 17.2 Å². The monoisotopic (exact) mass is 514 g/mol. The number of carbonyl (C=O) groups excluding carboxylic acids is 1. The zero-order valence-corrected chi connectivity index (χ0v) is 21.6. The minimum Gasteiger partial charge on any atom is -0.489 e. The largest absolute Gasteiger partial charge is 0.489 e. The summed E-state index contributed by atoms with van der Waals surface area (Å²) >= 11 is 0. The van der Waals surface area contributed by atoms with Crippen molar-refractivity contribution in [2.24, 2.45) is 0 Å². The molecule has 0 amide bonds. The third-order valence-corrected chi connectivity index (χ3v) is 6.38. The lowest BCUT2D eigenvalue weighted by Gasteiger charge is -2.17. The van der Waals surface area contributed by atoms with Crippen LogP contribution in [0, 0.1) is 0 Å². The number of carbonyl (C=O) groups is 1. The van der Waals surface area contributed by atoms with Gasteiger partial charge in [0.2, 0.25) is 0 Å².